The lowest BCUT2D eigenvalue weighted by Crippen LogP contribution is -2.07. The Hall–Kier alpha value is -1.77. The molecular formula is C15H15O4P. The number of epoxide rings is 1. The molecule has 0 saturated carbocycles. The molecule has 1 aliphatic heterocycles. The van der Waals surface area contributed by atoms with Crippen LogP contribution in [0.15, 0.2) is 60.7 Å². The Morgan fingerprint density at radius 2 is 1.30 bits per heavy atom. The molecule has 1 heterocycles. The monoisotopic (exact) mass is 290 g/mol. The number of benzene rings is 2. The molecule has 0 bridgehead atoms. The van der Waals surface area contributed by atoms with Gasteiger partial charge in [0.05, 0.1) is 6.10 Å². The molecule has 2 aromatic carbocycles. The quantitative estimate of drug-likeness (QED) is 0.615. The number of hydrogen-bond acceptors (Lipinski definition) is 4. The van der Waals surface area contributed by atoms with E-state index < -0.39 is 13.4 Å². The van der Waals surface area contributed by atoms with Crippen LogP contribution in [0.4, 0.5) is 0 Å². The average molecular weight is 290 g/mol. The summed E-state index contributed by atoms with van der Waals surface area (Å²) in [5, 5.41) is 0. The zero-order valence-electron chi connectivity index (χ0n) is 11.0. The summed E-state index contributed by atoms with van der Waals surface area (Å²) in [6.07, 6.45) is -0.117. The van der Waals surface area contributed by atoms with E-state index in [2.05, 4.69) is 0 Å². The second-order valence-electron chi connectivity index (χ2n) is 4.58. The van der Waals surface area contributed by atoms with Gasteiger partial charge in [-0.1, -0.05) is 36.4 Å². The van der Waals surface area contributed by atoms with Crippen LogP contribution in [0.1, 0.15) is 6.92 Å². The lowest BCUT2D eigenvalue weighted by atomic mass is 10.3. The Balaban J connectivity index is 1.84. The zero-order chi connectivity index (χ0) is 14.0. The molecule has 0 unspecified atom stereocenters. The van der Waals surface area contributed by atoms with E-state index in [1.807, 2.05) is 43.3 Å². The molecule has 4 nitrogen and oxygen atoms in total. The van der Waals surface area contributed by atoms with Crippen LogP contribution in [0.2, 0.25) is 0 Å². The van der Waals surface area contributed by atoms with E-state index in [9.17, 15) is 4.57 Å². The molecule has 0 spiro atoms. The molecule has 1 aliphatic rings. The molecule has 1 saturated heterocycles. The van der Waals surface area contributed by atoms with Gasteiger partial charge in [-0.05, 0) is 31.2 Å². The molecular weight excluding hydrogens is 275 g/mol. The first-order valence-electron chi connectivity index (χ1n) is 6.42. The largest absolute Gasteiger partial charge is 0.462 e. The highest BCUT2D eigenvalue weighted by Crippen LogP contribution is 2.60. The third kappa shape index (κ3) is 2.87. The summed E-state index contributed by atoms with van der Waals surface area (Å²) in [5.41, 5.74) is 0. The Kier molecular flexibility index (Phi) is 3.51. The minimum absolute atomic E-state index is 0.117. The molecule has 104 valence electrons. The molecule has 3 rings (SSSR count). The van der Waals surface area contributed by atoms with Crippen LogP contribution < -0.4 is 9.05 Å². The molecule has 5 heteroatoms. The molecule has 0 amide bonds. The zero-order valence-corrected chi connectivity index (χ0v) is 11.9. The second-order valence-corrected chi connectivity index (χ2v) is 6.53. The molecule has 0 N–H and O–H groups in total. The van der Waals surface area contributed by atoms with Crippen molar-refractivity contribution in [1.82, 2.24) is 0 Å². The van der Waals surface area contributed by atoms with Gasteiger partial charge in [-0.15, -0.1) is 0 Å². The SMILES string of the molecule is C[C@H]1O[C@H]1P(=O)(Oc1ccccc1)Oc1ccccc1. The van der Waals surface area contributed by atoms with Crippen molar-refractivity contribution in [2.45, 2.75) is 18.9 Å². The Labute approximate surface area is 117 Å². The standard InChI is InChI=1S/C15H15O4P/c1-12-15(17-12)20(16,18-13-8-4-2-5-9-13)19-14-10-6-3-7-11-14/h2-12,15H,1H3/t12-,15+/m1/s1. The second kappa shape index (κ2) is 5.31. The van der Waals surface area contributed by atoms with Crippen LogP contribution in [0.25, 0.3) is 0 Å². The van der Waals surface area contributed by atoms with Crippen molar-refractivity contribution in [3.05, 3.63) is 60.7 Å². The Morgan fingerprint density at radius 1 is 0.900 bits per heavy atom. The summed E-state index contributed by atoms with van der Waals surface area (Å²) in [6, 6.07) is 18.0. The van der Waals surface area contributed by atoms with Crippen LogP contribution in [-0.4, -0.2) is 11.9 Å². The average Bonchev–Trinajstić information content (AvgIpc) is 3.19. The normalized spacial score (nSPS) is 21.2. The number of rotatable bonds is 5. The van der Waals surface area contributed by atoms with E-state index in [0.29, 0.717) is 11.5 Å². The smallest absolute Gasteiger partial charge is 0.414 e. The topological polar surface area (TPSA) is 48.1 Å². The molecule has 1 fully saturated rings. The lowest BCUT2D eigenvalue weighted by molar-refractivity contribution is 0.343. The molecule has 0 radical (unpaired) electrons. The molecule has 2 aromatic rings. The maximum absolute atomic E-state index is 13.0. The van der Waals surface area contributed by atoms with Gasteiger partial charge < -0.3 is 13.8 Å². The third-order valence-electron chi connectivity index (χ3n) is 2.94. The van der Waals surface area contributed by atoms with E-state index in [1.165, 1.54) is 0 Å². The predicted molar refractivity (Wildman–Crippen MR) is 76.1 cm³/mol. The first kappa shape index (κ1) is 13.2. The number of para-hydroxylation sites is 2. The summed E-state index contributed by atoms with van der Waals surface area (Å²) in [7, 11) is -3.40. The van der Waals surface area contributed by atoms with Gasteiger partial charge >= 0.3 is 7.60 Å². The Bertz CT molecular complexity index is 569. The summed E-state index contributed by atoms with van der Waals surface area (Å²) < 4.78 is 29.5. The van der Waals surface area contributed by atoms with Crippen LogP contribution in [-0.2, 0) is 9.30 Å². The highest BCUT2D eigenvalue weighted by Gasteiger charge is 2.55. The van der Waals surface area contributed by atoms with Gasteiger partial charge in [0.25, 0.3) is 0 Å². The molecule has 20 heavy (non-hydrogen) atoms. The lowest BCUT2D eigenvalue weighted by Gasteiger charge is -2.18. The van der Waals surface area contributed by atoms with Gasteiger partial charge in [0.15, 0.2) is 0 Å². The van der Waals surface area contributed by atoms with Gasteiger partial charge in [-0.25, -0.2) is 4.57 Å². The van der Waals surface area contributed by atoms with Crippen LogP contribution in [0.3, 0.4) is 0 Å². The minimum atomic E-state index is -3.40. The summed E-state index contributed by atoms with van der Waals surface area (Å²) in [6.45, 7) is 1.85. The van der Waals surface area contributed by atoms with Gasteiger partial charge in [-0.3, -0.25) is 0 Å². The van der Waals surface area contributed by atoms with Crippen molar-refractivity contribution >= 4 is 7.60 Å². The summed E-state index contributed by atoms with van der Waals surface area (Å²) >= 11 is 0. The fourth-order valence-corrected chi connectivity index (χ4v) is 3.82. The number of hydrogen-bond donors (Lipinski definition) is 0. The fraction of sp³-hybridized carbons (Fsp3) is 0.200. The van der Waals surface area contributed by atoms with Crippen molar-refractivity contribution in [2.75, 3.05) is 0 Å². The van der Waals surface area contributed by atoms with Crippen molar-refractivity contribution < 1.29 is 18.3 Å². The number of ether oxygens (including phenoxy) is 1. The van der Waals surface area contributed by atoms with Gasteiger partial charge in [0.1, 0.15) is 11.5 Å². The van der Waals surface area contributed by atoms with E-state index in [-0.39, 0.29) is 6.10 Å². The van der Waals surface area contributed by atoms with Crippen molar-refractivity contribution in [1.29, 1.82) is 0 Å². The van der Waals surface area contributed by atoms with Crippen LogP contribution in [0, 0.1) is 0 Å². The predicted octanol–water partition coefficient (Wildman–Crippen LogP) is 4.08. The highest BCUT2D eigenvalue weighted by molar-refractivity contribution is 7.55. The fourth-order valence-electron chi connectivity index (χ4n) is 1.89. The highest BCUT2D eigenvalue weighted by atomic mass is 31.2. The van der Waals surface area contributed by atoms with E-state index in [1.54, 1.807) is 24.3 Å². The van der Waals surface area contributed by atoms with Crippen molar-refractivity contribution in [3.63, 3.8) is 0 Å². The van der Waals surface area contributed by atoms with Crippen molar-refractivity contribution in [3.8, 4) is 11.5 Å². The summed E-state index contributed by atoms with van der Waals surface area (Å²) in [5.74, 6) is 0.506. The molecule has 2 atom stereocenters. The van der Waals surface area contributed by atoms with Gasteiger partial charge in [0.2, 0.25) is 5.85 Å². The third-order valence-corrected chi connectivity index (χ3v) is 5.04. The van der Waals surface area contributed by atoms with E-state index >= 15 is 0 Å². The maximum atomic E-state index is 13.0. The van der Waals surface area contributed by atoms with Gasteiger partial charge in [-0.2, -0.15) is 0 Å². The van der Waals surface area contributed by atoms with Gasteiger partial charge in [0, 0.05) is 0 Å². The summed E-state index contributed by atoms with van der Waals surface area (Å²) in [4.78, 5) is 0. The minimum Gasteiger partial charge on any atom is -0.414 e. The van der Waals surface area contributed by atoms with Crippen molar-refractivity contribution in [2.24, 2.45) is 0 Å². The van der Waals surface area contributed by atoms with Crippen LogP contribution >= 0.6 is 7.60 Å². The van der Waals surface area contributed by atoms with Crippen LogP contribution in [0.5, 0.6) is 11.5 Å². The van der Waals surface area contributed by atoms with E-state index in [4.69, 9.17) is 13.8 Å². The van der Waals surface area contributed by atoms with E-state index in [0.717, 1.165) is 0 Å². The Morgan fingerprint density at radius 3 is 1.65 bits per heavy atom. The first-order chi connectivity index (χ1) is 9.67. The molecule has 0 aliphatic carbocycles. The molecule has 0 aromatic heterocycles. The first-order valence-corrected chi connectivity index (χ1v) is 8.03. The maximum Gasteiger partial charge on any atom is 0.462 e.